The molecule has 2 heterocycles. The summed E-state index contributed by atoms with van der Waals surface area (Å²) in [6.07, 6.45) is 6.46. The van der Waals surface area contributed by atoms with Crippen LogP contribution in [0, 0.1) is 13.8 Å². The molecule has 31 heavy (non-hydrogen) atoms. The molecule has 2 aromatic rings. The first-order valence-corrected chi connectivity index (χ1v) is 12.0. The summed E-state index contributed by atoms with van der Waals surface area (Å²) in [5.41, 5.74) is 2.75. The Morgan fingerprint density at radius 3 is 2.61 bits per heavy atom. The van der Waals surface area contributed by atoms with Gasteiger partial charge in [0.2, 0.25) is 5.91 Å². The van der Waals surface area contributed by atoms with Crippen molar-refractivity contribution in [1.29, 1.82) is 0 Å². The number of hydrogen-bond acceptors (Lipinski definition) is 5. The first-order chi connectivity index (χ1) is 15.0. The maximum Gasteiger partial charge on any atom is 0.254 e. The van der Waals surface area contributed by atoms with Crippen molar-refractivity contribution in [2.75, 3.05) is 25.0 Å². The predicted octanol–water partition coefficient (Wildman–Crippen LogP) is 4.75. The molecule has 0 spiro atoms. The van der Waals surface area contributed by atoms with E-state index in [9.17, 15) is 9.59 Å². The highest BCUT2D eigenvalue weighted by Crippen LogP contribution is 2.21. The van der Waals surface area contributed by atoms with Crippen molar-refractivity contribution in [3.8, 4) is 0 Å². The van der Waals surface area contributed by atoms with Crippen LogP contribution < -0.4 is 5.32 Å². The van der Waals surface area contributed by atoms with Crippen LogP contribution in [0.25, 0.3) is 0 Å². The number of carbonyl (C=O) groups excluding carboxylic acids is 2. The predicted molar refractivity (Wildman–Crippen MR) is 125 cm³/mol. The Kier molecular flexibility index (Phi) is 8.60. The highest BCUT2D eigenvalue weighted by molar-refractivity contribution is 7.15. The maximum atomic E-state index is 13.2. The van der Waals surface area contributed by atoms with Crippen LogP contribution in [-0.2, 0) is 16.0 Å². The molecule has 1 unspecified atom stereocenters. The molecule has 0 aliphatic carbocycles. The van der Waals surface area contributed by atoms with Crippen molar-refractivity contribution < 1.29 is 14.3 Å². The molecule has 1 atom stereocenters. The number of ether oxygens (including phenoxy) is 1. The van der Waals surface area contributed by atoms with Crippen molar-refractivity contribution in [2.45, 2.75) is 65.4 Å². The van der Waals surface area contributed by atoms with Gasteiger partial charge >= 0.3 is 0 Å². The van der Waals surface area contributed by atoms with E-state index in [4.69, 9.17) is 4.74 Å². The molecule has 0 saturated carbocycles. The number of thiazole rings is 1. The molecule has 1 aliphatic rings. The summed E-state index contributed by atoms with van der Waals surface area (Å²) < 4.78 is 5.73. The molecule has 168 valence electrons. The fourth-order valence-corrected chi connectivity index (χ4v) is 4.52. The fraction of sp³-hybridized carbons (Fsp3) is 0.542. The Hall–Kier alpha value is -2.25. The fourth-order valence-electron chi connectivity index (χ4n) is 3.69. The van der Waals surface area contributed by atoms with Crippen LogP contribution in [-0.4, -0.2) is 47.5 Å². The van der Waals surface area contributed by atoms with Crippen molar-refractivity contribution >= 4 is 28.3 Å². The van der Waals surface area contributed by atoms with Gasteiger partial charge in [0.15, 0.2) is 5.13 Å². The minimum Gasteiger partial charge on any atom is -0.376 e. The zero-order valence-electron chi connectivity index (χ0n) is 18.8. The second-order valence-electron chi connectivity index (χ2n) is 8.18. The van der Waals surface area contributed by atoms with E-state index in [2.05, 4.69) is 17.2 Å². The summed E-state index contributed by atoms with van der Waals surface area (Å²) >= 11 is 1.45. The van der Waals surface area contributed by atoms with Crippen LogP contribution in [0.2, 0.25) is 0 Å². The summed E-state index contributed by atoms with van der Waals surface area (Å²) in [6.45, 7) is 7.19. The van der Waals surface area contributed by atoms with Crippen molar-refractivity contribution in [2.24, 2.45) is 0 Å². The molecule has 3 rings (SSSR count). The summed E-state index contributed by atoms with van der Waals surface area (Å²) in [5, 5.41) is 3.41. The molecule has 1 saturated heterocycles. The minimum absolute atomic E-state index is 0.0191. The molecule has 0 radical (unpaired) electrons. The van der Waals surface area contributed by atoms with Crippen LogP contribution in [0.1, 0.15) is 65.5 Å². The van der Waals surface area contributed by atoms with E-state index in [1.807, 2.05) is 38.1 Å². The zero-order chi connectivity index (χ0) is 22.2. The maximum absolute atomic E-state index is 13.2. The number of hydrogen-bond donors (Lipinski definition) is 1. The van der Waals surface area contributed by atoms with E-state index < -0.39 is 0 Å². The van der Waals surface area contributed by atoms with Gasteiger partial charge in [0, 0.05) is 23.6 Å². The number of rotatable bonds is 10. The number of benzene rings is 1. The van der Waals surface area contributed by atoms with Crippen LogP contribution in [0.15, 0.2) is 24.3 Å². The van der Waals surface area contributed by atoms with E-state index in [1.165, 1.54) is 29.7 Å². The number of unbranched alkanes of at least 4 members (excludes halogenated alkanes) is 2. The van der Waals surface area contributed by atoms with Crippen molar-refractivity contribution in [3.05, 3.63) is 46.0 Å². The van der Waals surface area contributed by atoms with Gasteiger partial charge in [-0.2, -0.15) is 0 Å². The lowest BCUT2D eigenvalue weighted by Crippen LogP contribution is -2.42. The number of amides is 2. The lowest BCUT2D eigenvalue weighted by Gasteiger charge is -2.25. The number of aryl methyl sites for hydroxylation is 3. The number of carbonyl (C=O) groups is 2. The average Bonchev–Trinajstić information content (AvgIpc) is 3.37. The highest BCUT2D eigenvalue weighted by Gasteiger charge is 2.25. The number of aromatic nitrogens is 1. The van der Waals surface area contributed by atoms with Gasteiger partial charge in [0.05, 0.1) is 11.8 Å². The second-order valence-corrected chi connectivity index (χ2v) is 9.39. The van der Waals surface area contributed by atoms with Gasteiger partial charge in [0.25, 0.3) is 5.91 Å². The van der Waals surface area contributed by atoms with Crippen molar-refractivity contribution in [1.82, 2.24) is 9.88 Å². The average molecular weight is 444 g/mol. The largest absolute Gasteiger partial charge is 0.376 e. The molecular formula is C24H33N3O3S. The monoisotopic (exact) mass is 443 g/mol. The van der Waals surface area contributed by atoms with Gasteiger partial charge in [-0.15, -0.1) is 11.3 Å². The van der Waals surface area contributed by atoms with Crippen LogP contribution in [0.4, 0.5) is 5.13 Å². The van der Waals surface area contributed by atoms with Gasteiger partial charge in [-0.05, 0) is 57.2 Å². The lowest BCUT2D eigenvalue weighted by atomic mass is 10.0. The molecular weight excluding hydrogens is 410 g/mol. The molecule has 6 nitrogen and oxygen atoms in total. The quantitative estimate of drug-likeness (QED) is 0.538. The third-order valence-corrected chi connectivity index (χ3v) is 6.60. The molecule has 7 heteroatoms. The first kappa shape index (κ1) is 23.4. The standard InChI is InChI=1S/C24H33N3O3S/c1-4-5-6-8-19-10-12-20(13-11-19)23(29)27(15-21-9-7-14-30-21)16-22(28)26-24-25-17(2)18(3)31-24/h10-13,21H,4-9,14-16H2,1-3H3,(H,25,26,28). The minimum atomic E-state index is -0.240. The number of anilines is 1. The Morgan fingerprint density at radius 1 is 1.23 bits per heavy atom. The van der Waals surface area contributed by atoms with Crippen LogP contribution in [0.3, 0.4) is 0 Å². The molecule has 1 aliphatic heterocycles. The lowest BCUT2D eigenvalue weighted by molar-refractivity contribution is -0.117. The normalized spacial score (nSPS) is 15.8. The van der Waals surface area contributed by atoms with Crippen molar-refractivity contribution in [3.63, 3.8) is 0 Å². The molecule has 0 bridgehead atoms. The highest BCUT2D eigenvalue weighted by atomic mass is 32.1. The SMILES string of the molecule is CCCCCc1ccc(C(=O)N(CC(=O)Nc2nc(C)c(C)s2)CC2CCCO2)cc1. The van der Waals surface area contributed by atoms with Crippen LogP contribution in [0.5, 0.6) is 0 Å². The second kappa shape index (κ2) is 11.4. The third-order valence-electron chi connectivity index (χ3n) is 5.61. The van der Waals surface area contributed by atoms with Gasteiger partial charge in [-0.25, -0.2) is 4.98 Å². The van der Waals surface area contributed by atoms with Gasteiger partial charge in [-0.1, -0.05) is 31.9 Å². The summed E-state index contributed by atoms with van der Waals surface area (Å²) in [7, 11) is 0. The van der Waals surface area contributed by atoms with Gasteiger partial charge in [0.1, 0.15) is 6.54 Å². The first-order valence-electron chi connectivity index (χ1n) is 11.2. The topological polar surface area (TPSA) is 71.5 Å². The Morgan fingerprint density at radius 2 is 2.00 bits per heavy atom. The molecule has 1 aromatic heterocycles. The van der Waals surface area contributed by atoms with Gasteiger partial charge in [-0.3, -0.25) is 9.59 Å². The van der Waals surface area contributed by atoms with Crippen LogP contribution >= 0.6 is 11.3 Å². The Labute approximate surface area is 189 Å². The summed E-state index contributed by atoms with van der Waals surface area (Å²) in [4.78, 5) is 32.9. The molecule has 1 fully saturated rings. The summed E-state index contributed by atoms with van der Waals surface area (Å²) in [5.74, 6) is -0.381. The Bertz CT molecular complexity index is 853. The Balaban J connectivity index is 1.66. The smallest absolute Gasteiger partial charge is 0.254 e. The van der Waals surface area contributed by atoms with E-state index in [0.717, 1.165) is 36.3 Å². The van der Waals surface area contributed by atoms with E-state index >= 15 is 0 Å². The number of nitrogens with one attached hydrogen (secondary N) is 1. The van der Waals surface area contributed by atoms with Gasteiger partial charge < -0.3 is 15.0 Å². The zero-order valence-corrected chi connectivity index (χ0v) is 19.6. The number of nitrogens with zero attached hydrogens (tertiary/aromatic N) is 2. The molecule has 1 N–H and O–H groups in total. The molecule has 1 aromatic carbocycles. The van der Waals surface area contributed by atoms with E-state index in [0.29, 0.717) is 23.8 Å². The third kappa shape index (κ3) is 6.87. The molecule has 2 amide bonds. The van der Waals surface area contributed by atoms with E-state index in [-0.39, 0.29) is 24.5 Å². The summed E-state index contributed by atoms with van der Waals surface area (Å²) in [6, 6.07) is 7.79. The van der Waals surface area contributed by atoms with E-state index in [1.54, 1.807) is 4.90 Å².